The normalized spacial score (nSPS) is 16.0. The Morgan fingerprint density at radius 1 is 1.50 bits per heavy atom. The van der Waals surface area contributed by atoms with Crippen molar-refractivity contribution in [2.45, 2.75) is 27.2 Å². The number of carbonyl (C=O) groups is 1. The first-order valence-corrected chi connectivity index (χ1v) is 3.71. The maximum Gasteiger partial charge on any atom is 0.308 e. The third-order valence-corrected chi connectivity index (χ3v) is 2.07. The van der Waals surface area contributed by atoms with Crippen molar-refractivity contribution in [3.63, 3.8) is 0 Å². The van der Waals surface area contributed by atoms with Crippen molar-refractivity contribution in [2.75, 3.05) is 7.11 Å². The average Bonchev–Trinajstić information content (AvgIpc) is 2.00. The Kier molecular flexibility index (Phi) is 4.08. The van der Waals surface area contributed by atoms with Crippen LogP contribution in [0.4, 0.5) is 0 Å². The van der Waals surface area contributed by atoms with E-state index in [1.54, 1.807) is 0 Å². The summed E-state index contributed by atoms with van der Waals surface area (Å²) in [5.41, 5.74) is 0. The Bertz CT molecular complexity index is 110. The molecule has 2 heteroatoms. The highest BCUT2D eigenvalue weighted by Gasteiger charge is 2.18. The fourth-order valence-corrected chi connectivity index (χ4v) is 0.772. The molecular formula is C8H16O2. The van der Waals surface area contributed by atoms with Gasteiger partial charge in [-0.25, -0.2) is 0 Å². The number of hydrogen-bond acceptors (Lipinski definition) is 2. The van der Waals surface area contributed by atoms with E-state index < -0.39 is 0 Å². The lowest BCUT2D eigenvalue weighted by molar-refractivity contribution is -0.146. The van der Waals surface area contributed by atoms with Gasteiger partial charge in [-0.05, 0) is 5.92 Å². The Balaban J connectivity index is 3.81. The van der Waals surface area contributed by atoms with Gasteiger partial charge in [0.1, 0.15) is 0 Å². The van der Waals surface area contributed by atoms with Gasteiger partial charge in [-0.2, -0.15) is 0 Å². The third-order valence-electron chi connectivity index (χ3n) is 2.07. The lowest BCUT2D eigenvalue weighted by Gasteiger charge is -2.14. The molecule has 2 atom stereocenters. The molecule has 0 unspecified atom stereocenters. The summed E-state index contributed by atoms with van der Waals surface area (Å²) in [4.78, 5) is 10.9. The summed E-state index contributed by atoms with van der Waals surface area (Å²) in [6, 6.07) is 0. The molecule has 0 saturated heterocycles. The summed E-state index contributed by atoms with van der Waals surface area (Å²) in [6.45, 7) is 6.03. The fraction of sp³-hybridized carbons (Fsp3) is 0.875. The number of carbonyl (C=O) groups excluding carboxylic acids is 1. The predicted octanol–water partition coefficient (Wildman–Crippen LogP) is 1.84. The van der Waals surface area contributed by atoms with E-state index in [4.69, 9.17) is 0 Å². The standard InChI is InChI=1S/C8H16O2/c1-5-6(2)7(3)8(9)10-4/h6-7H,5H2,1-4H3/t6-,7+/m1/s1. The van der Waals surface area contributed by atoms with Gasteiger partial charge in [0, 0.05) is 0 Å². The van der Waals surface area contributed by atoms with E-state index in [1.807, 2.05) is 6.92 Å². The van der Waals surface area contributed by atoms with Gasteiger partial charge in [0.2, 0.25) is 0 Å². The van der Waals surface area contributed by atoms with Crippen LogP contribution in [0.25, 0.3) is 0 Å². The van der Waals surface area contributed by atoms with Crippen LogP contribution in [0.3, 0.4) is 0 Å². The van der Waals surface area contributed by atoms with Crippen LogP contribution in [0.2, 0.25) is 0 Å². The first kappa shape index (κ1) is 9.47. The molecule has 0 rings (SSSR count). The number of esters is 1. The monoisotopic (exact) mass is 144 g/mol. The highest BCUT2D eigenvalue weighted by molar-refractivity contribution is 5.72. The van der Waals surface area contributed by atoms with Gasteiger partial charge in [-0.3, -0.25) is 4.79 Å². The van der Waals surface area contributed by atoms with Gasteiger partial charge >= 0.3 is 5.97 Å². The molecule has 0 aliphatic rings. The number of rotatable bonds is 3. The van der Waals surface area contributed by atoms with Crippen LogP contribution in [-0.2, 0) is 9.53 Å². The number of hydrogen-bond donors (Lipinski definition) is 0. The fourth-order valence-electron chi connectivity index (χ4n) is 0.772. The zero-order valence-electron chi connectivity index (χ0n) is 7.18. The Hall–Kier alpha value is -0.530. The van der Waals surface area contributed by atoms with E-state index in [9.17, 15) is 4.79 Å². The van der Waals surface area contributed by atoms with E-state index >= 15 is 0 Å². The summed E-state index contributed by atoms with van der Waals surface area (Å²) in [7, 11) is 1.43. The second kappa shape index (κ2) is 4.31. The molecular weight excluding hydrogens is 128 g/mol. The second-order valence-corrected chi connectivity index (χ2v) is 2.70. The van der Waals surface area contributed by atoms with Crippen LogP contribution in [0.5, 0.6) is 0 Å². The average molecular weight is 144 g/mol. The van der Waals surface area contributed by atoms with Gasteiger partial charge in [0.05, 0.1) is 13.0 Å². The molecule has 0 aliphatic carbocycles. The highest BCUT2D eigenvalue weighted by atomic mass is 16.5. The molecule has 0 N–H and O–H groups in total. The smallest absolute Gasteiger partial charge is 0.308 e. The summed E-state index contributed by atoms with van der Waals surface area (Å²) in [5.74, 6) is 0.358. The van der Waals surface area contributed by atoms with Crippen LogP contribution < -0.4 is 0 Å². The van der Waals surface area contributed by atoms with Gasteiger partial charge in [-0.1, -0.05) is 27.2 Å². The van der Waals surface area contributed by atoms with E-state index in [1.165, 1.54) is 7.11 Å². The second-order valence-electron chi connectivity index (χ2n) is 2.70. The number of methoxy groups -OCH3 is 1. The molecule has 0 aromatic heterocycles. The largest absolute Gasteiger partial charge is 0.469 e. The minimum atomic E-state index is -0.102. The van der Waals surface area contributed by atoms with Gasteiger partial charge in [-0.15, -0.1) is 0 Å². The lowest BCUT2D eigenvalue weighted by atomic mass is 9.94. The highest BCUT2D eigenvalue weighted by Crippen LogP contribution is 2.15. The van der Waals surface area contributed by atoms with Crippen LogP contribution in [0, 0.1) is 11.8 Å². The Morgan fingerprint density at radius 3 is 2.30 bits per heavy atom. The maximum atomic E-state index is 10.9. The topological polar surface area (TPSA) is 26.3 Å². The molecule has 0 heterocycles. The minimum absolute atomic E-state index is 0.0370. The SMILES string of the molecule is CC[C@@H](C)[C@H](C)C(=O)OC. The molecule has 0 bridgehead atoms. The molecule has 60 valence electrons. The van der Waals surface area contributed by atoms with E-state index in [-0.39, 0.29) is 11.9 Å². The van der Waals surface area contributed by atoms with Crippen molar-refractivity contribution in [3.8, 4) is 0 Å². The van der Waals surface area contributed by atoms with Gasteiger partial charge in [0.15, 0.2) is 0 Å². The van der Waals surface area contributed by atoms with E-state index in [0.717, 1.165) is 6.42 Å². The molecule has 2 nitrogen and oxygen atoms in total. The van der Waals surface area contributed by atoms with Crippen molar-refractivity contribution in [2.24, 2.45) is 11.8 Å². The summed E-state index contributed by atoms with van der Waals surface area (Å²) < 4.78 is 4.60. The van der Waals surface area contributed by atoms with Crippen LogP contribution >= 0.6 is 0 Å². The van der Waals surface area contributed by atoms with Gasteiger partial charge < -0.3 is 4.74 Å². The minimum Gasteiger partial charge on any atom is -0.469 e. The first-order valence-electron chi connectivity index (χ1n) is 3.71. The quantitative estimate of drug-likeness (QED) is 0.565. The summed E-state index contributed by atoms with van der Waals surface area (Å²) in [6.07, 6.45) is 1.02. The van der Waals surface area contributed by atoms with Crippen molar-refractivity contribution >= 4 is 5.97 Å². The zero-order chi connectivity index (χ0) is 8.15. The van der Waals surface area contributed by atoms with Crippen molar-refractivity contribution < 1.29 is 9.53 Å². The first-order chi connectivity index (χ1) is 4.63. The van der Waals surface area contributed by atoms with Crippen molar-refractivity contribution in [3.05, 3.63) is 0 Å². The van der Waals surface area contributed by atoms with Crippen molar-refractivity contribution in [1.82, 2.24) is 0 Å². The summed E-state index contributed by atoms with van der Waals surface area (Å²) >= 11 is 0. The number of ether oxygens (including phenoxy) is 1. The molecule has 0 fully saturated rings. The lowest BCUT2D eigenvalue weighted by Crippen LogP contribution is -2.19. The Morgan fingerprint density at radius 2 is 2.00 bits per heavy atom. The zero-order valence-corrected chi connectivity index (χ0v) is 7.18. The molecule has 0 radical (unpaired) electrons. The molecule has 10 heavy (non-hydrogen) atoms. The molecule has 0 aromatic carbocycles. The summed E-state index contributed by atoms with van der Waals surface area (Å²) in [5, 5.41) is 0. The molecule has 0 spiro atoms. The third kappa shape index (κ3) is 2.38. The molecule has 0 aromatic rings. The maximum absolute atomic E-state index is 10.9. The molecule has 0 amide bonds. The molecule has 0 aliphatic heterocycles. The Labute approximate surface area is 62.6 Å². The molecule has 0 saturated carbocycles. The predicted molar refractivity (Wildman–Crippen MR) is 40.6 cm³/mol. The van der Waals surface area contributed by atoms with Crippen LogP contribution in [0.1, 0.15) is 27.2 Å². The van der Waals surface area contributed by atoms with Crippen LogP contribution in [0.15, 0.2) is 0 Å². The van der Waals surface area contributed by atoms with E-state index in [2.05, 4.69) is 18.6 Å². The van der Waals surface area contributed by atoms with E-state index in [0.29, 0.717) is 5.92 Å². The van der Waals surface area contributed by atoms with Crippen LogP contribution in [-0.4, -0.2) is 13.1 Å². The van der Waals surface area contributed by atoms with Gasteiger partial charge in [0.25, 0.3) is 0 Å². The van der Waals surface area contributed by atoms with Crippen molar-refractivity contribution in [1.29, 1.82) is 0 Å².